The average Bonchev–Trinajstić information content (AvgIpc) is 2.65. The second-order valence-corrected chi connectivity index (χ2v) is 8.07. The van der Waals surface area contributed by atoms with Gasteiger partial charge in [0.05, 0.1) is 26.7 Å². The molecule has 2 aliphatic carbocycles. The first kappa shape index (κ1) is 20.7. The Morgan fingerprint density at radius 3 is 2.24 bits per heavy atom. The van der Waals surface area contributed by atoms with Crippen molar-refractivity contribution in [3.8, 4) is 0 Å². The van der Waals surface area contributed by atoms with Crippen LogP contribution in [0.5, 0.6) is 0 Å². The van der Waals surface area contributed by atoms with Crippen molar-refractivity contribution < 1.29 is 19.3 Å². The van der Waals surface area contributed by atoms with E-state index in [-0.39, 0.29) is 11.9 Å². The van der Waals surface area contributed by atoms with Gasteiger partial charge in [0.2, 0.25) is 0 Å². The van der Waals surface area contributed by atoms with Crippen molar-refractivity contribution in [2.75, 3.05) is 20.8 Å². The van der Waals surface area contributed by atoms with Crippen LogP contribution in [0.1, 0.15) is 71.6 Å². The van der Waals surface area contributed by atoms with Crippen LogP contribution >= 0.6 is 0 Å². The van der Waals surface area contributed by atoms with E-state index >= 15 is 0 Å². The number of carbonyl (C=O) groups excluding carboxylic acids is 1. The molecule has 0 radical (unpaired) electrons. The fraction of sp³-hybridized carbons (Fsp3) is 0.952. The molecule has 146 valence electrons. The normalized spacial score (nSPS) is 36.2. The Labute approximate surface area is 153 Å². The summed E-state index contributed by atoms with van der Waals surface area (Å²) in [6.07, 6.45) is 10.8. The van der Waals surface area contributed by atoms with E-state index in [1.807, 2.05) is 0 Å². The highest BCUT2D eigenvalue weighted by molar-refractivity contribution is 5.72. The standard InChI is InChI=1S/C21H38O4/c1-5-9-16-11-8-13-18(21(22)23-3)20(16)19-15(6-2)10-7-12-17(19)14-25-24-4/h15-20H,5-14H2,1-4H3/t15?,16?,17?,18?,19?,20-/m0/s1. The van der Waals surface area contributed by atoms with Crippen LogP contribution in [0, 0.1) is 35.5 Å². The Hall–Kier alpha value is -0.610. The lowest BCUT2D eigenvalue weighted by atomic mass is 9.56. The minimum Gasteiger partial charge on any atom is -0.469 e. The summed E-state index contributed by atoms with van der Waals surface area (Å²) >= 11 is 0. The zero-order valence-corrected chi connectivity index (χ0v) is 16.7. The van der Waals surface area contributed by atoms with Crippen LogP contribution in [-0.4, -0.2) is 26.8 Å². The molecule has 5 unspecified atom stereocenters. The van der Waals surface area contributed by atoms with Crippen LogP contribution in [0.2, 0.25) is 0 Å². The molecule has 2 rings (SSSR count). The van der Waals surface area contributed by atoms with Crippen molar-refractivity contribution in [3.63, 3.8) is 0 Å². The van der Waals surface area contributed by atoms with Crippen LogP contribution in [-0.2, 0) is 19.3 Å². The van der Waals surface area contributed by atoms with Gasteiger partial charge in [0.25, 0.3) is 0 Å². The monoisotopic (exact) mass is 354 g/mol. The molecule has 25 heavy (non-hydrogen) atoms. The topological polar surface area (TPSA) is 44.8 Å². The van der Waals surface area contributed by atoms with Crippen LogP contribution in [0.15, 0.2) is 0 Å². The molecule has 0 saturated heterocycles. The number of hydrogen-bond donors (Lipinski definition) is 0. The lowest BCUT2D eigenvalue weighted by Gasteiger charge is -2.49. The minimum absolute atomic E-state index is 0.0117. The van der Waals surface area contributed by atoms with Gasteiger partial charge in [-0.05, 0) is 42.4 Å². The lowest BCUT2D eigenvalue weighted by Crippen LogP contribution is -2.46. The lowest BCUT2D eigenvalue weighted by molar-refractivity contribution is -0.286. The summed E-state index contributed by atoms with van der Waals surface area (Å²) in [5.41, 5.74) is 0. The van der Waals surface area contributed by atoms with Crippen molar-refractivity contribution in [2.45, 2.75) is 71.6 Å². The summed E-state index contributed by atoms with van der Waals surface area (Å²) in [7, 11) is 3.14. The number of esters is 1. The predicted octanol–water partition coefficient (Wildman–Crippen LogP) is 5.01. The Kier molecular flexibility index (Phi) is 8.71. The van der Waals surface area contributed by atoms with E-state index < -0.39 is 0 Å². The highest BCUT2D eigenvalue weighted by atomic mass is 17.2. The van der Waals surface area contributed by atoms with Gasteiger partial charge in [-0.25, -0.2) is 9.78 Å². The summed E-state index contributed by atoms with van der Waals surface area (Å²) in [4.78, 5) is 22.9. The third kappa shape index (κ3) is 4.97. The summed E-state index contributed by atoms with van der Waals surface area (Å²) in [6, 6.07) is 0. The van der Waals surface area contributed by atoms with Crippen LogP contribution in [0.4, 0.5) is 0 Å². The van der Waals surface area contributed by atoms with Gasteiger partial charge in [-0.3, -0.25) is 4.79 Å². The molecule has 0 amide bonds. The minimum atomic E-state index is 0.0117. The van der Waals surface area contributed by atoms with E-state index in [0.29, 0.717) is 36.2 Å². The predicted molar refractivity (Wildman–Crippen MR) is 98.8 cm³/mol. The van der Waals surface area contributed by atoms with Crippen molar-refractivity contribution >= 4 is 5.97 Å². The molecule has 0 heterocycles. The first-order valence-corrected chi connectivity index (χ1v) is 10.4. The number of rotatable bonds is 8. The summed E-state index contributed by atoms with van der Waals surface area (Å²) < 4.78 is 5.23. The first-order valence-electron chi connectivity index (χ1n) is 10.4. The second kappa shape index (κ2) is 10.5. The maximum atomic E-state index is 12.6. The third-order valence-electron chi connectivity index (χ3n) is 6.87. The molecule has 6 atom stereocenters. The smallest absolute Gasteiger partial charge is 0.308 e. The number of hydrogen-bond acceptors (Lipinski definition) is 4. The van der Waals surface area contributed by atoms with Crippen LogP contribution in [0.3, 0.4) is 0 Å². The molecular formula is C21H38O4. The van der Waals surface area contributed by atoms with E-state index in [2.05, 4.69) is 13.8 Å². The van der Waals surface area contributed by atoms with Crippen molar-refractivity contribution in [1.29, 1.82) is 0 Å². The summed E-state index contributed by atoms with van der Waals surface area (Å²) in [5.74, 6) is 2.90. The zero-order valence-electron chi connectivity index (χ0n) is 16.7. The third-order valence-corrected chi connectivity index (χ3v) is 6.87. The molecule has 0 bridgehead atoms. The highest BCUT2D eigenvalue weighted by Crippen LogP contribution is 2.51. The average molecular weight is 355 g/mol. The fourth-order valence-electron chi connectivity index (χ4n) is 5.90. The molecule has 0 aliphatic heterocycles. The maximum Gasteiger partial charge on any atom is 0.308 e. The highest BCUT2D eigenvalue weighted by Gasteiger charge is 2.47. The summed E-state index contributed by atoms with van der Waals surface area (Å²) in [6.45, 7) is 5.23. The SMILES string of the molecule is CCCC1CCCC(C(=O)OC)[C@H]1C1C(CC)CCCC1COOC. The summed E-state index contributed by atoms with van der Waals surface area (Å²) in [5, 5.41) is 0. The van der Waals surface area contributed by atoms with E-state index in [4.69, 9.17) is 14.5 Å². The molecule has 2 aliphatic rings. The van der Waals surface area contributed by atoms with Gasteiger partial charge in [-0.2, -0.15) is 0 Å². The molecular weight excluding hydrogens is 316 g/mol. The van der Waals surface area contributed by atoms with E-state index in [9.17, 15) is 4.79 Å². The molecule has 2 fully saturated rings. The van der Waals surface area contributed by atoms with Crippen LogP contribution in [0.25, 0.3) is 0 Å². The number of ether oxygens (including phenoxy) is 1. The van der Waals surface area contributed by atoms with Gasteiger partial charge < -0.3 is 4.74 Å². The Bertz CT molecular complexity index is 395. The first-order chi connectivity index (χ1) is 12.2. The number of carbonyl (C=O) groups is 1. The van der Waals surface area contributed by atoms with E-state index in [1.54, 1.807) is 14.2 Å². The maximum absolute atomic E-state index is 12.6. The van der Waals surface area contributed by atoms with Gasteiger partial charge >= 0.3 is 5.97 Å². The molecule has 4 heteroatoms. The molecule has 0 aromatic heterocycles. The largest absolute Gasteiger partial charge is 0.469 e. The van der Waals surface area contributed by atoms with Gasteiger partial charge in [0.1, 0.15) is 0 Å². The molecule has 2 saturated carbocycles. The second-order valence-electron chi connectivity index (χ2n) is 8.07. The zero-order chi connectivity index (χ0) is 18.2. The van der Waals surface area contributed by atoms with Crippen LogP contribution < -0.4 is 0 Å². The molecule has 0 aromatic carbocycles. The molecule has 0 spiro atoms. The Balaban J connectivity index is 2.32. The van der Waals surface area contributed by atoms with Gasteiger partial charge in [0.15, 0.2) is 0 Å². The Morgan fingerprint density at radius 1 is 0.920 bits per heavy atom. The van der Waals surface area contributed by atoms with Gasteiger partial charge in [0, 0.05) is 0 Å². The van der Waals surface area contributed by atoms with Gasteiger partial charge in [-0.15, -0.1) is 0 Å². The quantitative estimate of drug-likeness (QED) is 0.349. The van der Waals surface area contributed by atoms with E-state index in [0.717, 1.165) is 12.8 Å². The molecule has 4 nitrogen and oxygen atoms in total. The number of methoxy groups -OCH3 is 1. The van der Waals surface area contributed by atoms with Crippen molar-refractivity contribution in [2.24, 2.45) is 35.5 Å². The molecule has 0 N–H and O–H groups in total. The Morgan fingerprint density at radius 2 is 1.60 bits per heavy atom. The fourth-order valence-corrected chi connectivity index (χ4v) is 5.90. The molecule has 0 aromatic rings. The van der Waals surface area contributed by atoms with E-state index in [1.165, 1.54) is 44.9 Å². The van der Waals surface area contributed by atoms with Crippen molar-refractivity contribution in [3.05, 3.63) is 0 Å². The van der Waals surface area contributed by atoms with Gasteiger partial charge in [-0.1, -0.05) is 58.8 Å². The van der Waals surface area contributed by atoms with Crippen molar-refractivity contribution in [1.82, 2.24) is 0 Å².